The van der Waals surface area contributed by atoms with Gasteiger partial charge < -0.3 is 60.0 Å². The Bertz CT molecular complexity index is 3010. The van der Waals surface area contributed by atoms with Crippen LogP contribution >= 0.6 is 11.6 Å². The second-order valence-electron chi connectivity index (χ2n) is 27.6. The van der Waals surface area contributed by atoms with E-state index in [1.165, 1.54) is 89.6 Å². The van der Waals surface area contributed by atoms with E-state index in [1.54, 1.807) is 32.6 Å². The van der Waals surface area contributed by atoms with E-state index in [0.717, 1.165) is 23.5 Å². The second kappa shape index (κ2) is 32.8. The molecule has 1 aliphatic carbocycles. The number of likely N-dealkylation sites (N-methyl/N-ethyl adjacent to an activating group) is 6. The first-order valence-corrected chi connectivity index (χ1v) is 34.2. The molecule has 5 fully saturated rings. The minimum absolute atomic E-state index is 0.0289. The zero-order chi connectivity index (χ0) is 70.9. The molecule has 95 heavy (non-hydrogen) atoms. The van der Waals surface area contributed by atoms with Crippen molar-refractivity contribution in [3.63, 3.8) is 0 Å². The molecule has 0 aromatic heterocycles. The smallest absolute Gasteiger partial charge is 0.343 e. The molecule has 3 N–H and O–H groups in total. The summed E-state index contributed by atoms with van der Waals surface area (Å²) < 4.78 is 41.3. The molecule has 4 aliphatic heterocycles. The highest BCUT2D eigenvalue weighted by atomic mass is 35.5. The summed E-state index contributed by atoms with van der Waals surface area (Å²) in [5.41, 5.74) is -2.37. The predicted molar refractivity (Wildman–Crippen MR) is 348 cm³/mol. The van der Waals surface area contributed by atoms with Gasteiger partial charge in [0.15, 0.2) is 0 Å². The molecule has 1 aromatic carbocycles. The molecular weight excluding hydrogens is 1260 g/mol. The lowest BCUT2D eigenvalue weighted by molar-refractivity contribution is -0.160. The van der Waals surface area contributed by atoms with Crippen molar-refractivity contribution < 1.29 is 70.7 Å². The molecule has 4 saturated heterocycles. The third-order valence-corrected chi connectivity index (χ3v) is 20.6. The lowest BCUT2D eigenvalue weighted by Crippen LogP contribution is -2.65. The van der Waals surface area contributed by atoms with Gasteiger partial charge in [-0.2, -0.15) is 13.2 Å². The third kappa shape index (κ3) is 17.8. The van der Waals surface area contributed by atoms with Gasteiger partial charge in [-0.15, -0.1) is 0 Å². The van der Waals surface area contributed by atoms with Crippen LogP contribution in [-0.4, -0.2) is 250 Å². The molecule has 10 atom stereocenters. The number of carbonyl (C=O) groups excluding carboxylic acids is 12. The summed E-state index contributed by atoms with van der Waals surface area (Å²) in [6.07, 6.45) is -0.817. The van der Waals surface area contributed by atoms with Gasteiger partial charge in [0.05, 0.1) is 23.6 Å². The first-order chi connectivity index (χ1) is 44.5. The van der Waals surface area contributed by atoms with E-state index in [2.05, 4.69) is 16.0 Å². The number of fused-ring (bicyclic) bond motifs is 2. The Morgan fingerprint density at radius 1 is 0.663 bits per heavy atom. The van der Waals surface area contributed by atoms with Gasteiger partial charge in [-0.1, -0.05) is 85.4 Å². The van der Waals surface area contributed by atoms with Gasteiger partial charge in [0.1, 0.15) is 59.9 Å². The van der Waals surface area contributed by atoms with Crippen LogP contribution in [0.5, 0.6) is 0 Å². The van der Waals surface area contributed by atoms with Crippen molar-refractivity contribution >= 4 is 82.5 Å². The fraction of sp³-hybridized carbons (Fsp3) is 0.731. The van der Waals surface area contributed by atoms with Crippen LogP contribution in [-0.2, 0) is 70.1 Å². The largest absolute Gasteiger partial charge is 0.417 e. The maximum atomic E-state index is 15.4. The summed E-state index contributed by atoms with van der Waals surface area (Å²) in [6.45, 7) is 14.2. The number of piperidine rings is 1. The lowest BCUT2D eigenvalue weighted by Gasteiger charge is -2.45. The topological polar surface area (TPSA) is 270 Å². The Morgan fingerprint density at radius 2 is 1.29 bits per heavy atom. The van der Waals surface area contributed by atoms with Crippen molar-refractivity contribution in [3.8, 4) is 0 Å². The summed E-state index contributed by atoms with van der Waals surface area (Å²) in [7, 11) is 8.42. The van der Waals surface area contributed by atoms with Crippen molar-refractivity contribution in [1.29, 1.82) is 0 Å². The Labute approximate surface area is 562 Å². The minimum atomic E-state index is -4.76. The number of benzene rings is 1. The zero-order valence-electron chi connectivity index (χ0n) is 57.9. The monoisotopic (exact) mass is 1360 g/mol. The van der Waals surface area contributed by atoms with Crippen LogP contribution in [0.15, 0.2) is 18.2 Å². The highest BCUT2D eigenvalue weighted by molar-refractivity contribution is 6.31. The maximum Gasteiger partial charge on any atom is 0.417 e. The highest BCUT2D eigenvalue weighted by Crippen LogP contribution is 2.37. The maximum absolute atomic E-state index is 15.4. The van der Waals surface area contributed by atoms with Gasteiger partial charge in [0.2, 0.25) is 70.9 Å². The fourth-order valence-electron chi connectivity index (χ4n) is 14.0. The number of hydrogen-bond acceptors (Lipinski definition) is 12. The van der Waals surface area contributed by atoms with Crippen molar-refractivity contribution in [2.75, 3.05) is 75.0 Å². The summed E-state index contributed by atoms with van der Waals surface area (Å²) in [5.74, 6) is -9.12. The number of nitrogens with zero attached hydrogens (tertiary/aromatic N) is 9. The van der Waals surface area contributed by atoms with E-state index in [1.807, 2.05) is 20.8 Å². The Hall–Kier alpha value is -7.06. The average Bonchev–Trinajstić information content (AvgIpc) is 1.77. The van der Waals surface area contributed by atoms with Gasteiger partial charge in [0, 0.05) is 68.5 Å². The number of alkyl halides is 3. The van der Waals surface area contributed by atoms with Crippen LogP contribution < -0.4 is 16.0 Å². The van der Waals surface area contributed by atoms with E-state index < -0.39 is 172 Å². The number of carbonyl (C=O) groups is 12. The zero-order valence-corrected chi connectivity index (χ0v) is 58.7. The van der Waals surface area contributed by atoms with Gasteiger partial charge in [0.25, 0.3) is 0 Å². The predicted octanol–water partition coefficient (Wildman–Crippen LogP) is 4.47. The molecule has 530 valence electrons. The number of amides is 12. The van der Waals surface area contributed by atoms with Crippen molar-refractivity contribution in [2.45, 2.75) is 224 Å². The number of hydrogen-bond donors (Lipinski definition) is 3. The molecular formula is C67H102ClF3N12O12. The van der Waals surface area contributed by atoms with Crippen LogP contribution in [0.3, 0.4) is 0 Å². The minimum Gasteiger partial charge on any atom is -0.343 e. The number of halogens is 4. The first-order valence-electron chi connectivity index (χ1n) is 33.8. The molecule has 0 unspecified atom stereocenters. The second-order valence-corrected chi connectivity index (χ2v) is 28.1. The average molecular weight is 1360 g/mol. The molecule has 24 nitrogen and oxygen atoms in total. The van der Waals surface area contributed by atoms with Crippen LogP contribution in [0.4, 0.5) is 13.2 Å². The first kappa shape index (κ1) is 77.0. The van der Waals surface area contributed by atoms with Crippen molar-refractivity contribution in [2.24, 2.45) is 17.8 Å². The number of likely N-dealkylation sites (tertiary alicyclic amines) is 1. The summed E-state index contributed by atoms with van der Waals surface area (Å²) >= 11 is 6.11. The van der Waals surface area contributed by atoms with E-state index in [0.29, 0.717) is 57.2 Å². The molecule has 0 radical (unpaired) electrons. The SMILES string of the molecule is CC[C@H](C)[C@@H]1NC(=O)[C@H](CC(C)C)N(C)C(=O)C[C@@H](C(=O)N2CCCCC2)N(C)C(=O)[C@H](C(C)C)N(C)C(=O)C2(CCCC2)NC(=O)[C@@H]2CCCN2C(=O)[C@H](CCc2ccc(C(F)(F)F)c(Cl)c2)NC(=O)CN(C)C(=O)[C@H](CC)N(C)C(=O)[C@@H]2CCN2C(=O)[C@H](C)N(C)C1=O. The molecule has 0 bridgehead atoms. The molecule has 4 heterocycles. The van der Waals surface area contributed by atoms with Gasteiger partial charge in [-0.05, 0) is 119 Å². The molecule has 1 saturated carbocycles. The van der Waals surface area contributed by atoms with Crippen LogP contribution in [0.2, 0.25) is 5.02 Å². The van der Waals surface area contributed by atoms with Gasteiger partial charge in [-0.25, -0.2) is 0 Å². The van der Waals surface area contributed by atoms with E-state index in [9.17, 15) is 56.3 Å². The van der Waals surface area contributed by atoms with Gasteiger partial charge >= 0.3 is 6.18 Å². The summed E-state index contributed by atoms with van der Waals surface area (Å²) in [5, 5.41) is 8.04. The fourth-order valence-corrected chi connectivity index (χ4v) is 14.3. The molecule has 1 spiro atoms. The van der Waals surface area contributed by atoms with E-state index in [-0.39, 0.29) is 70.4 Å². The molecule has 12 amide bonds. The van der Waals surface area contributed by atoms with Gasteiger partial charge in [-0.3, -0.25) is 57.5 Å². The molecule has 6 rings (SSSR count). The molecule has 1 aromatic rings. The molecule has 5 aliphatic rings. The summed E-state index contributed by atoms with van der Waals surface area (Å²) in [4.78, 5) is 189. The van der Waals surface area contributed by atoms with Crippen LogP contribution in [0, 0.1) is 17.8 Å². The van der Waals surface area contributed by atoms with Crippen molar-refractivity contribution in [3.05, 3.63) is 34.3 Å². The van der Waals surface area contributed by atoms with E-state index in [4.69, 9.17) is 11.6 Å². The molecule has 28 heteroatoms. The number of nitrogens with one attached hydrogen (secondary N) is 3. The van der Waals surface area contributed by atoms with E-state index >= 15 is 14.4 Å². The third-order valence-electron chi connectivity index (χ3n) is 20.3. The summed E-state index contributed by atoms with van der Waals surface area (Å²) in [6, 6.07) is -7.93. The Balaban J connectivity index is 1.41. The Morgan fingerprint density at radius 3 is 1.85 bits per heavy atom. The van der Waals surface area contributed by atoms with Crippen LogP contribution in [0.25, 0.3) is 0 Å². The van der Waals surface area contributed by atoms with Crippen molar-refractivity contribution in [1.82, 2.24) is 60.0 Å². The van der Waals surface area contributed by atoms with Crippen LogP contribution in [0.1, 0.15) is 163 Å². The highest BCUT2D eigenvalue weighted by Gasteiger charge is 2.51. The normalized spacial score (nSPS) is 27.5. The number of aryl methyl sites for hydroxylation is 1. The number of rotatable bonds is 10. The Kier molecular flexibility index (Phi) is 26.6. The quantitative estimate of drug-likeness (QED) is 0.293. The lowest BCUT2D eigenvalue weighted by atomic mass is 9.91. The standard InChI is InChI=1S/C67H102ClF3N12O12/c1-15-41(7)54-63(93)76(10)42(8)58(88)83-34-28-49(83)61(91)78(12)47(16-2)60(90)75(9)38-52(84)72-46(27-25-43-24-26-44(45(68)36-43)67(69,70)71)59(89)82-33-22-23-48(82)57(87)74-66(29-18-19-30-66)65(95)80(14)55(40(5)6)64(94)79(13)51(62(92)81-31-20-17-21-32-81)37-53(85)77(11)50(35-39(3)4)56(86)73-54/h24,26,36,39-42,46-51,54-55H,15-23,25,27-35,37-38H2,1-14H3,(H,72,84)(H,73,86)(H,74,87)/t41-,42-,46-,47-,48-,49-,50-,51-,54-,55-/m0/s1.